The second kappa shape index (κ2) is 6.59. The Morgan fingerprint density at radius 3 is 2.79 bits per heavy atom. The highest BCUT2D eigenvalue weighted by Crippen LogP contribution is 2.37. The minimum atomic E-state index is -0.611. The van der Waals surface area contributed by atoms with Gasteiger partial charge < -0.3 is 5.11 Å². The monoisotopic (exact) mass is 342 g/mol. The summed E-state index contributed by atoms with van der Waals surface area (Å²) in [4.78, 5) is 7.08. The summed E-state index contributed by atoms with van der Waals surface area (Å²) in [7, 11) is 0. The molecule has 1 aliphatic rings. The third kappa shape index (κ3) is 3.07. The number of hydrogen-bond acceptors (Lipinski definition) is 4. The van der Waals surface area contributed by atoms with Crippen LogP contribution in [0.4, 0.5) is 4.39 Å². The van der Waals surface area contributed by atoms with Gasteiger partial charge in [-0.25, -0.2) is 9.37 Å². The molecule has 1 aliphatic heterocycles. The van der Waals surface area contributed by atoms with Crippen LogP contribution in [0.5, 0.6) is 0 Å². The standard InChI is InChI=1S/C19H19FN2OS/c20-14-9-7-13(8-10-14)17(23)12-22-11-3-5-16(22)19-21-15-4-1-2-6-18(15)24-19/h1-2,4,6-10,16-17,23H,3,5,11-12H2. The zero-order valence-corrected chi connectivity index (χ0v) is 14.0. The minimum Gasteiger partial charge on any atom is -0.387 e. The number of likely N-dealkylation sites (tertiary alicyclic amines) is 1. The normalized spacial score (nSPS) is 19.8. The van der Waals surface area contributed by atoms with E-state index < -0.39 is 6.10 Å². The van der Waals surface area contributed by atoms with E-state index in [-0.39, 0.29) is 11.9 Å². The highest BCUT2D eigenvalue weighted by atomic mass is 32.1. The highest BCUT2D eigenvalue weighted by Gasteiger charge is 2.30. The summed E-state index contributed by atoms with van der Waals surface area (Å²) in [5, 5.41) is 11.6. The van der Waals surface area contributed by atoms with E-state index in [9.17, 15) is 9.50 Å². The molecule has 2 heterocycles. The number of rotatable bonds is 4. The molecule has 1 aromatic heterocycles. The lowest BCUT2D eigenvalue weighted by Crippen LogP contribution is -2.28. The number of para-hydroxylation sites is 1. The third-order valence-electron chi connectivity index (χ3n) is 4.62. The van der Waals surface area contributed by atoms with Crippen molar-refractivity contribution in [3.8, 4) is 0 Å². The molecule has 0 saturated carbocycles. The van der Waals surface area contributed by atoms with Crippen molar-refractivity contribution in [2.75, 3.05) is 13.1 Å². The third-order valence-corrected chi connectivity index (χ3v) is 5.76. The van der Waals surface area contributed by atoms with Crippen molar-refractivity contribution in [3.05, 3.63) is 64.9 Å². The summed E-state index contributed by atoms with van der Waals surface area (Å²) < 4.78 is 14.2. The molecule has 0 bridgehead atoms. The van der Waals surface area contributed by atoms with Crippen LogP contribution in [0.2, 0.25) is 0 Å². The summed E-state index contributed by atoms with van der Waals surface area (Å²) in [6, 6.07) is 14.6. The quantitative estimate of drug-likeness (QED) is 0.768. The van der Waals surface area contributed by atoms with Gasteiger partial charge in [0.25, 0.3) is 0 Å². The second-order valence-electron chi connectivity index (χ2n) is 6.24. The molecule has 1 fully saturated rings. The van der Waals surface area contributed by atoms with Crippen LogP contribution in [0.15, 0.2) is 48.5 Å². The number of aliphatic hydroxyl groups is 1. The molecule has 0 spiro atoms. The first kappa shape index (κ1) is 15.7. The Bertz CT molecular complexity index is 800. The van der Waals surface area contributed by atoms with E-state index in [2.05, 4.69) is 11.0 Å². The van der Waals surface area contributed by atoms with E-state index in [4.69, 9.17) is 4.98 Å². The Kier molecular flexibility index (Phi) is 4.31. The van der Waals surface area contributed by atoms with Gasteiger partial charge in [0.15, 0.2) is 0 Å². The van der Waals surface area contributed by atoms with Gasteiger partial charge in [0.05, 0.1) is 22.4 Å². The van der Waals surface area contributed by atoms with Crippen LogP contribution in [0, 0.1) is 5.82 Å². The lowest BCUT2D eigenvalue weighted by Gasteiger charge is -2.25. The fraction of sp³-hybridized carbons (Fsp3) is 0.316. The van der Waals surface area contributed by atoms with E-state index in [1.165, 1.54) is 16.8 Å². The molecule has 2 aromatic carbocycles. The molecular formula is C19H19FN2OS. The molecule has 24 heavy (non-hydrogen) atoms. The van der Waals surface area contributed by atoms with E-state index in [0.29, 0.717) is 6.54 Å². The molecule has 5 heteroatoms. The maximum atomic E-state index is 13.0. The molecule has 4 rings (SSSR count). The van der Waals surface area contributed by atoms with E-state index in [1.807, 2.05) is 18.2 Å². The molecule has 2 unspecified atom stereocenters. The number of hydrogen-bond donors (Lipinski definition) is 1. The number of benzene rings is 2. The van der Waals surface area contributed by atoms with Crippen molar-refractivity contribution < 1.29 is 9.50 Å². The van der Waals surface area contributed by atoms with Gasteiger partial charge in [-0.05, 0) is 49.2 Å². The van der Waals surface area contributed by atoms with Crippen molar-refractivity contribution >= 4 is 21.6 Å². The van der Waals surface area contributed by atoms with Crippen molar-refractivity contribution in [1.82, 2.24) is 9.88 Å². The molecule has 3 nitrogen and oxygen atoms in total. The largest absolute Gasteiger partial charge is 0.387 e. The van der Waals surface area contributed by atoms with Crippen molar-refractivity contribution in [3.63, 3.8) is 0 Å². The van der Waals surface area contributed by atoms with Crippen LogP contribution in [-0.4, -0.2) is 28.1 Å². The van der Waals surface area contributed by atoms with E-state index >= 15 is 0 Å². The van der Waals surface area contributed by atoms with Crippen LogP contribution in [0.25, 0.3) is 10.2 Å². The van der Waals surface area contributed by atoms with E-state index in [0.717, 1.165) is 35.5 Å². The van der Waals surface area contributed by atoms with Gasteiger partial charge in [-0.2, -0.15) is 0 Å². The fourth-order valence-electron chi connectivity index (χ4n) is 3.37. The van der Waals surface area contributed by atoms with Crippen LogP contribution in [0.3, 0.4) is 0 Å². The molecule has 0 radical (unpaired) electrons. The van der Waals surface area contributed by atoms with Crippen LogP contribution < -0.4 is 0 Å². The van der Waals surface area contributed by atoms with Crippen molar-refractivity contribution in [2.24, 2.45) is 0 Å². The van der Waals surface area contributed by atoms with Gasteiger partial charge in [-0.1, -0.05) is 24.3 Å². The number of β-amino-alcohol motifs (C(OH)–C–C–N with tert-alkyl or cyclic N) is 1. The average Bonchev–Trinajstić information content (AvgIpc) is 3.21. The second-order valence-corrected chi connectivity index (χ2v) is 7.30. The zero-order chi connectivity index (χ0) is 16.5. The number of thiazole rings is 1. The smallest absolute Gasteiger partial charge is 0.123 e. The number of fused-ring (bicyclic) bond motifs is 1. The average molecular weight is 342 g/mol. The summed E-state index contributed by atoms with van der Waals surface area (Å²) >= 11 is 1.74. The molecule has 3 aromatic rings. The van der Waals surface area contributed by atoms with E-state index in [1.54, 1.807) is 23.5 Å². The Morgan fingerprint density at radius 1 is 1.21 bits per heavy atom. The summed E-state index contributed by atoms with van der Waals surface area (Å²) in [6.45, 7) is 1.51. The molecule has 1 N–H and O–H groups in total. The Hall–Kier alpha value is -1.82. The lowest BCUT2D eigenvalue weighted by atomic mass is 10.1. The first-order valence-corrected chi connectivity index (χ1v) is 9.05. The molecule has 2 atom stereocenters. The van der Waals surface area contributed by atoms with Gasteiger partial charge >= 0.3 is 0 Å². The Labute approximate surface area is 144 Å². The lowest BCUT2D eigenvalue weighted by molar-refractivity contribution is 0.106. The summed E-state index contributed by atoms with van der Waals surface area (Å²) in [5.74, 6) is -0.278. The maximum Gasteiger partial charge on any atom is 0.123 e. The first-order valence-electron chi connectivity index (χ1n) is 8.24. The highest BCUT2D eigenvalue weighted by molar-refractivity contribution is 7.18. The maximum absolute atomic E-state index is 13.0. The first-order chi connectivity index (χ1) is 11.7. The number of aromatic nitrogens is 1. The Balaban J connectivity index is 1.53. The van der Waals surface area contributed by atoms with Crippen LogP contribution in [0.1, 0.15) is 35.6 Å². The molecular weight excluding hydrogens is 323 g/mol. The summed E-state index contributed by atoms with van der Waals surface area (Å²) in [6.07, 6.45) is 1.56. The molecule has 124 valence electrons. The Morgan fingerprint density at radius 2 is 2.00 bits per heavy atom. The zero-order valence-electron chi connectivity index (χ0n) is 13.2. The molecule has 0 amide bonds. The summed E-state index contributed by atoms with van der Waals surface area (Å²) in [5.41, 5.74) is 1.80. The van der Waals surface area contributed by atoms with Gasteiger partial charge in [0.2, 0.25) is 0 Å². The van der Waals surface area contributed by atoms with Crippen molar-refractivity contribution in [1.29, 1.82) is 0 Å². The van der Waals surface area contributed by atoms with Gasteiger partial charge in [-0.3, -0.25) is 4.90 Å². The number of aliphatic hydroxyl groups excluding tert-OH is 1. The van der Waals surface area contributed by atoms with Crippen LogP contribution in [-0.2, 0) is 0 Å². The molecule has 1 saturated heterocycles. The topological polar surface area (TPSA) is 36.4 Å². The predicted molar refractivity (Wildman–Crippen MR) is 94.5 cm³/mol. The predicted octanol–water partition coefficient (Wildman–Crippen LogP) is 4.31. The SMILES string of the molecule is OC(CN1CCCC1c1nc2ccccc2s1)c1ccc(F)cc1. The fourth-order valence-corrected chi connectivity index (χ4v) is 4.51. The minimum absolute atomic E-state index is 0.262. The number of nitrogens with zero attached hydrogens (tertiary/aromatic N) is 2. The van der Waals surface area contributed by atoms with Gasteiger partial charge in [0.1, 0.15) is 10.8 Å². The van der Waals surface area contributed by atoms with Gasteiger partial charge in [-0.15, -0.1) is 11.3 Å². The van der Waals surface area contributed by atoms with Gasteiger partial charge in [0, 0.05) is 6.54 Å². The number of halogens is 1. The van der Waals surface area contributed by atoms with Crippen LogP contribution >= 0.6 is 11.3 Å². The van der Waals surface area contributed by atoms with Crippen molar-refractivity contribution in [2.45, 2.75) is 25.0 Å². The molecule has 0 aliphatic carbocycles.